The maximum absolute atomic E-state index is 12.5. The van der Waals surface area contributed by atoms with E-state index >= 15 is 0 Å². The number of hydrogen-bond acceptors (Lipinski definition) is 6. The van der Waals surface area contributed by atoms with Crippen LogP contribution in [-0.2, 0) is 16.0 Å². The van der Waals surface area contributed by atoms with Gasteiger partial charge in [0, 0.05) is 13.2 Å². The summed E-state index contributed by atoms with van der Waals surface area (Å²) in [5, 5.41) is -0.242. The van der Waals surface area contributed by atoms with E-state index < -0.39 is 0 Å². The molecule has 0 aliphatic carbocycles. The fourth-order valence-corrected chi connectivity index (χ4v) is 4.42. The van der Waals surface area contributed by atoms with Crippen molar-refractivity contribution < 1.29 is 19.0 Å². The third-order valence-electron chi connectivity index (χ3n) is 3.48. The van der Waals surface area contributed by atoms with E-state index in [1.54, 1.807) is 26.2 Å². The fraction of sp³-hybridized carbons (Fsp3) is 0.467. The molecule has 0 aromatic heterocycles. The molecule has 1 heterocycles. The molecule has 8 heteroatoms. The summed E-state index contributed by atoms with van der Waals surface area (Å²) >= 11 is 10.2. The van der Waals surface area contributed by atoms with Gasteiger partial charge in [-0.15, -0.1) is 0 Å². The topological polar surface area (TPSA) is 48.0 Å². The van der Waals surface area contributed by atoms with Gasteiger partial charge >= 0.3 is 0 Å². The molecule has 0 saturated carbocycles. The lowest BCUT2D eigenvalue weighted by molar-refractivity contribution is -0.126. The monoisotopic (exact) mass is 419 g/mol. The number of carbonyl (C=O) groups excluding carboxylic acids is 1. The summed E-state index contributed by atoms with van der Waals surface area (Å²) in [6.07, 6.45) is 0.541. The van der Waals surface area contributed by atoms with Gasteiger partial charge in [0.25, 0.3) is 0 Å². The Morgan fingerprint density at radius 1 is 1.26 bits per heavy atom. The number of methoxy groups -OCH3 is 3. The first-order chi connectivity index (χ1) is 11.0. The third-order valence-corrected chi connectivity index (χ3v) is 5.69. The van der Waals surface area contributed by atoms with Crippen LogP contribution in [0.3, 0.4) is 0 Å². The van der Waals surface area contributed by atoms with Crippen molar-refractivity contribution in [1.82, 2.24) is 4.90 Å². The molecule has 1 atom stereocenters. The highest BCUT2D eigenvalue weighted by atomic mass is 79.9. The number of ether oxygens (including phenoxy) is 3. The molecule has 1 saturated heterocycles. The zero-order valence-corrected chi connectivity index (χ0v) is 16.3. The lowest BCUT2D eigenvalue weighted by Crippen LogP contribution is -2.34. The molecular formula is C15H18BrNO4S2. The second-order valence-electron chi connectivity index (χ2n) is 4.86. The van der Waals surface area contributed by atoms with Crippen molar-refractivity contribution in [3.63, 3.8) is 0 Å². The van der Waals surface area contributed by atoms with Gasteiger partial charge in [-0.05, 0) is 34.0 Å². The molecule has 0 N–H and O–H groups in total. The van der Waals surface area contributed by atoms with Crippen molar-refractivity contribution in [2.45, 2.75) is 11.7 Å². The van der Waals surface area contributed by atoms with E-state index in [1.165, 1.54) is 11.8 Å². The first-order valence-electron chi connectivity index (χ1n) is 6.93. The van der Waals surface area contributed by atoms with Crippen molar-refractivity contribution in [2.75, 3.05) is 34.5 Å². The molecule has 1 fully saturated rings. The Kier molecular flexibility index (Phi) is 6.70. The maximum atomic E-state index is 12.5. The Morgan fingerprint density at radius 2 is 1.96 bits per heavy atom. The number of rotatable bonds is 7. The van der Waals surface area contributed by atoms with Gasteiger partial charge in [0.1, 0.15) is 15.8 Å². The molecule has 1 aliphatic rings. The van der Waals surface area contributed by atoms with E-state index in [0.717, 1.165) is 10.0 Å². The molecule has 0 spiro atoms. The van der Waals surface area contributed by atoms with Gasteiger partial charge in [-0.3, -0.25) is 9.69 Å². The minimum absolute atomic E-state index is 0.0195. The summed E-state index contributed by atoms with van der Waals surface area (Å²) in [6, 6.07) is 3.73. The number of benzene rings is 1. The molecular weight excluding hydrogens is 402 g/mol. The van der Waals surface area contributed by atoms with Crippen LogP contribution in [0.1, 0.15) is 5.56 Å². The number of carbonyl (C=O) groups is 1. The lowest BCUT2D eigenvalue weighted by atomic mass is 10.1. The number of hydrogen-bond donors (Lipinski definition) is 0. The van der Waals surface area contributed by atoms with Crippen LogP contribution in [0.4, 0.5) is 0 Å². The Morgan fingerprint density at radius 3 is 2.57 bits per heavy atom. The van der Waals surface area contributed by atoms with Crippen molar-refractivity contribution in [2.24, 2.45) is 0 Å². The predicted molar refractivity (Wildman–Crippen MR) is 98.5 cm³/mol. The standard InChI is InChI=1S/C15H18BrNO4S2/c1-19-5-4-17-14(18)13(23-15(17)22)7-9-6-10(16)12(21-3)8-11(9)20-2/h6,8,13H,4-5,7H2,1-3H3/t13-/m0/s1. The van der Waals surface area contributed by atoms with Gasteiger partial charge in [-0.25, -0.2) is 0 Å². The molecule has 0 unspecified atom stereocenters. The minimum atomic E-state index is -0.242. The molecule has 5 nitrogen and oxygen atoms in total. The smallest absolute Gasteiger partial charge is 0.242 e. The van der Waals surface area contributed by atoms with E-state index in [1.807, 2.05) is 12.1 Å². The number of halogens is 1. The van der Waals surface area contributed by atoms with Crippen LogP contribution >= 0.6 is 39.9 Å². The van der Waals surface area contributed by atoms with Gasteiger partial charge < -0.3 is 14.2 Å². The second kappa shape index (κ2) is 8.32. The van der Waals surface area contributed by atoms with Crippen molar-refractivity contribution >= 4 is 50.1 Å². The molecule has 1 aliphatic heterocycles. The van der Waals surface area contributed by atoms with Gasteiger partial charge in [0.05, 0.1) is 37.1 Å². The largest absolute Gasteiger partial charge is 0.496 e. The van der Waals surface area contributed by atoms with E-state index in [4.69, 9.17) is 26.4 Å². The zero-order chi connectivity index (χ0) is 17.0. The molecule has 1 aromatic rings. The van der Waals surface area contributed by atoms with Crippen molar-refractivity contribution in [3.8, 4) is 11.5 Å². The van der Waals surface area contributed by atoms with Gasteiger partial charge in [0.15, 0.2) is 0 Å². The molecule has 1 aromatic carbocycles. The van der Waals surface area contributed by atoms with Crippen LogP contribution in [-0.4, -0.2) is 54.9 Å². The SMILES string of the molecule is COCCN1C(=O)[C@H](Cc2cc(Br)c(OC)cc2OC)SC1=S. The Bertz CT molecular complexity index is 611. The van der Waals surface area contributed by atoms with Crippen LogP contribution in [0.15, 0.2) is 16.6 Å². The lowest BCUT2D eigenvalue weighted by Gasteiger charge is -2.16. The normalized spacial score (nSPS) is 17.7. The van der Waals surface area contributed by atoms with E-state index in [0.29, 0.717) is 35.4 Å². The van der Waals surface area contributed by atoms with Gasteiger partial charge in [0.2, 0.25) is 5.91 Å². The summed E-state index contributed by atoms with van der Waals surface area (Å²) < 4.78 is 17.1. The summed E-state index contributed by atoms with van der Waals surface area (Å²) in [7, 11) is 4.81. The molecule has 1 amide bonds. The molecule has 126 valence electrons. The third kappa shape index (κ3) is 4.17. The summed E-state index contributed by atoms with van der Waals surface area (Å²) in [5.74, 6) is 1.40. The molecule has 0 bridgehead atoms. The first kappa shape index (κ1) is 18.5. The van der Waals surface area contributed by atoms with Crippen molar-refractivity contribution in [3.05, 3.63) is 22.2 Å². The zero-order valence-electron chi connectivity index (χ0n) is 13.1. The number of nitrogens with zero attached hydrogens (tertiary/aromatic N) is 1. The van der Waals surface area contributed by atoms with Crippen LogP contribution in [0, 0.1) is 0 Å². The van der Waals surface area contributed by atoms with Crippen LogP contribution < -0.4 is 9.47 Å². The quantitative estimate of drug-likeness (QED) is 0.633. The second-order valence-corrected chi connectivity index (χ2v) is 7.55. The Hall–Kier alpha value is -0.830. The van der Waals surface area contributed by atoms with E-state index in [2.05, 4.69) is 15.9 Å². The highest BCUT2D eigenvalue weighted by Gasteiger charge is 2.37. The van der Waals surface area contributed by atoms with Crippen molar-refractivity contribution in [1.29, 1.82) is 0 Å². The van der Waals surface area contributed by atoms with Crippen LogP contribution in [0.5, 0.6) is 11.5 Å². The highest BCUT2D eigenvalue weighted by Crippen LogP contribution is 2.36. The molecule has 0 radical (unpaired) electrons. The fourth-order valence-electron chi connectivity index (χ4n) is 2.29. The molecule has 23 heavy (non-hydrogen) atoms. The summed E-state index contributed by atoms with van der Waals surface area (Å²) in [6.45, 7) is 0.956. The van der Waals surface area contributed by atoms with Crippen LogP contribution in [0.2, 0.25) is 0 Å². The average Bonchev–Trinajstić information content (AvgIpc) is 2.79. The number of amides is 1. The first-order valence-corrected chi connectivity index (χ1v) is 9.01. The van der Waals surface area contributed by atoms with E-state index in [9.17, 15) is 4.79 Å². The Labute approximate surface area is 153 Å². The molecule has 2 rings (SSSR count). The average molecular weight is 420 g/mol. The summed E-state index contributed by atoms with van der Waals surface area (Å²) in [5.41, 5.74) is 0.933. The maximum Gasteiger partial charge on any atom is 0.242 e. The van der Waals surface area contributed by atoms with Gasteiger partial charge in [-0.1, -0.05) is 24.0 Å². The number of thioether (sulfide) groups is 1. The summed E-state index contributed by atoms with van der Waals surface area (Å²) in [4.78, 5) is 14.1. The minimum Gasteiger partial charge on any atom is -0.496 e. The predicted octanol–water partition coefficient (Wildman–Crippen LogP) is 2.88. The highest BCUT2D eigenvalue weighted by molar-refractivity contribution is 9.10. The van der Waals surface area contributed by atoms with Crippen LogP contribution in [0.25, 0.3) is 0 Å². The number of thiocarbonyl (C=S) groups is 1. The van der Waals surface area contributed by atoms with Gasteiger partial charge in [-0.2, -0.15) is 0 Å². The van der Waals surface area contributed by atoms with E-state index in [-0.39, 0.29) is 11.2 Å². The Balaban J connectivity index is 2.18.